The molecule has 30 heavy (non-hydrogen) atoms. The number of rotatable bonds is 7. The molecule has 0 fully saturated rings. The minimum Gasteiger partial charge on any atom is -0.404 e. The lowest BCUT2D eigenvalue weighted by atomic mass is 10.3. The maximum atomic E-state index is 13.4. The van der Waals surface area contributed by atoms with Crippen LogP contribution in [0, 0.1) is 0 Å². The van der Waals surface area contributed by atoms with E-state index in [1.807, 2.05) is 0 Å². The number of pyridine rings is 2. The van der Waals surface area contributed by atoms with E-state index in [1.54, 1.807) is 36.4 Å². The predicted octanol–water partition coefficient (Wildman–Crippen LogP) is 4.53. The highest BCUT2D eigenvalue weighted by molar-refractivity contribution is 9.10. The Balaban J connectivity index is 2.05. The first kappa shape index (κ1) is 22.2. The summed E-state index contributed by atoms with van der Waals surface area (Å²) in [6.45, 7) is -0.331. The quantitative estimate of drug-likeness (QED) is 0.475. The molecule has 0 saturated carbocycles. The molecule has 0 amide bonds. The molecule has 1 aromatic carbocycles. The van der Waals surface area contributed by atoms with Crippen molar-refractivity contribution in [2.75, 3.05) is 0 Å². The molecule has 0 aliphatic carbocycles. The van der Waals surface area contributed by atoms with Gasteiger partial charge in [-0.25, -0.2) is 8.42 Å². The van der Waals surface area contributed by atoms with Crippen molar-refractivity contribution in [3.05, 3.63) is 82.9 Å². The van der Waals surface area contributed by atoms with E-state index in [0.29, 0.717) is 11.4 Å². The maximum Gasteiger partial charge on any atom is 0.573 e. The second kappa shape index (κ2) is 9.11. The fourth-order valence-electron chi connectivity index (χ4n) is 2.61. The average Bonchev–Trinajstić information content (AvgIpc) is 2.68. The van der Waals surface area contributed by atoms with Gasteiger partial charge in [0.2, 0.25) is 10.0 Å². The smallest absolute Gasteiger partial charge is 0.404 e. The van der Waals surface area contributed by atoms with Gasteiger partial charge in [-0.05, 0) is 42.5 Å². The van der Waals surface area contributed by atoms with E-state index in [1.165, 1.54) is 18.5 Å². The van der Waals surface area contributed by atoms with Crippen LogP contribution in [0.1, 0.15) is 11.4 Å². The Morgan fingerprint density at radius 3 is 1.97 bits per heavy atom. The van der Waals surface area contributed by atoms with Crippen LogP contribution in [0.25, 0.3) is 0 Å². The van der Waals surface area contributed by atoms with E-state index in [0.717, 1.165) is 16.4 Å². The lowest BCUT2D eigenvalue weighted by Crippen LogP contribution is -2.32. The Kier molecular flexibility index (Phi) is 6.74. The lowest BCUT2D eigenvalue weighted by Gasteiger charge is -2.23. The van der Waals surface area contributed by atoms with Crippen LogP contribution in [0.3, 0.4) is 0 Å². The molecule has 0 N–H and O–H groups in total. The van der Waals surface area contributed by atoms with Gasteiger partial charge in [-0.15, -0.1) is 13.2 Å². The first-order valence-corrected chi connectivity index (χ1v) is 10.7. The molecular formula is C19H15BrF3N3O3S. The second-order valence-electron chi connectivity index (χ2n) is 6.05. The SMILES string of the molecule is O=S(=O)(c1ccc(Br)cc1OC(F)(F)F)N(Cc1ccccn1)Cc1ccccn1. The van der Waals surface area contributed by atoms with Gasteiger partial charge in [0.1, 0.15) is 4.90 Å². The number of nitrogens with zero attached hydrogens (tertiary/aromatic N) is 3. The van der Waals surface area contributed by atoms with Gasteiger partial charge >= 0.3 is 6.36 Å². The van der Waals surface area contributed by atoms with Crippen LogP contribution in [0.15, 0.2) is 76.4 Å². The zero-order valence-electron chi connectivity index (χ0n) is 15.3. The molecule has 3 rings (SSSR count). The molecule has 11 heteroatoms. The van der Waals surface area contributed by atoms with Crippen molar-refractivity contribution in [1.29, 1.82) is 0 Å². The number of hydrogen-bond donors (Lipinski definition) is 0. The summed E-state index contributed by atoms with van der Waals surface area (Å²) >= 11 is 3.04. The molecular weight excluding hydrogens is 487 g/mol. The Hall–Kier alpha value is -2.50. The lowest BCUT2D eigenvalue weighted by molar-refractivity contribution is -0.275. The van der Waals surface area contributed by atoms with Gasteiger partial charge in [-0.2, -0.15) is 4.31 Å². The van der Waals surface area contributed by atoms with Gasteiger partial charge < -0.3 is 4.74 Å². The first-order chi connectivity index (χ1) is 14.1. The summed E-state index contributed by atoms with van der Waals surface area (Å²) in [5.41, 5.74) is 0.847. The molecule has 158 valence electrons. The van der Waals surface area contributed by atoms with Crippen LogP contribution in [0.5, 0.6) is 5.75 Å². The van der Waals surface area contributed by atoms with Gasteiger partial charge in [0.15, 0.2) is 5.75 Å². The third kappa shape index (κ3) is 5.77. The average molecular weight is 502 g/mol. The summed E-state index contributed by atoms with van der Waals surface area (Å²) < 4.78 is 70.6. The van der Waals surface area contributed by atoms with Crippen LogP contribution in [-0.2, 0) is 23.1 Å². The fourth-order valence-corrected chi connectivity index (χ4v) is 4.43. The highest BCUT2D eigenvalue weighted by Crippen LogP contribution is 2.34. The molecule has 0 atom stereocenters. The van der Waals surface area contributed by atoms with Crippen LogP contribution in [0.2, 0.25) is 0 Å². The molecule has 0 aliphatic heterocycles. The van der Waals surface area contributed by atoms with Crippen molar-refractivity contribution in [3.8, 4) is 5.75 Å². The summed E-state index contributed by atoms with van der Waals surface area (Å²) in [6, 6.07) is 13.3. The van der Waals surface area contributed by atoms with Crippen molar-refractivity contribution < 1.29 is 26.3 Å². The second-order valence-corrected chi connectivity index (χ2v) is 8.88. The fraction of sp³-hybridized carbons (Fsp3) is 0.158. The molecule has 0 radical (unpaired) electrons. The molecule has 3 aromatic rings. The monoisotopic (exact) mass is 501 g/mol. The minimum atomic E-state index is -5.06. The summed E-state index contributed by atoms with van der Waals surface area (Å²) in [5.74, 6) is -0.830. The van der Waals surface area contributed by atoms with Crippen LogP contribution < -0.4 is 4.74 Å². The topological polar surface area (TPSA) is 72.4 Å². The summed E-state index contributed by atoms with van der Waals surface area (Å²) in [4.78, 5) is 7.62. The van der Waals surface area contributed by atoms with Crippen molar-refractivity contribution >= 4 is 26.0 Å². The van der Waals surface area contributed by atoms with E-state index in [9.17, 15) is 21.6 Å². The highest BCUT2D eigenvalue weighted by Gasteiger charge is 2.36. The summed E-state index contributed by atoms with van der Waals surface area (Å²) in [6.07, 6.45) is -2.06. The van der Waals surface area contributed by atoms with E-state index >= 15 is 0 Å². The number of halogens is 4. The normalized spacial score (nSPS) is 12.2. The zero-order chi connectivity index (χ0) is 21.8. The highest BCUT2D eigenvalue weighted by atomic mass is 79.9. The number of alkyl halides is 3. The van der Waals surface area contributed by atoms with Crippen molar-refractivity contribution in [2.45, 2.75) is 24.3 Å². The number of sulfonamides is 1. The first-order valence-electron chi connectivity index (χ1n) is 8.50. The molecule has 2 heterocycles. The molecule has 0 bridgehead atoms. The van der Waals surface area contributed by atoms with Crippen LogP contribution in [0.4, 0.5) is 13.2 Å². The van der Waals surface area contributed by atoms with Crippen molar-refractivity contribution in [3.63, 3.8) is 0 Å². The molecule has 0 spiro atoms. The van der Waals surface area contributed by atoms with Crippen LogP contribution in [-0.4, -0.2) is 29.1 Å². The summed E-state index contributed by atoms with van der Waals surface area (Å²) in [7, 11) is -4.41. The Morgan fingerprint density at radius 2 is 1.50 bits per heavy atom. The largest absolute Gasteiger partial charge is 0.573 e. The Morgan fingerprint density at radius 1 is 0.933 bits per heavy atom. The Bertz CT molecular complexity index is 1060. The van der Waals surface area contributed by atoms with E-state index < -0.39 is 27.0 Å². The van der Waals surface area contributed by atoms with Gasteiger partial charge in [-0.1, -0.05) is 28.1 Å². The number of benzene rings is 1. The van der Waals surface area contributed by atoms with Gasteiger partial charge in [0.05, 0.1) is 24.5 Å². The molecule has 0 saturated heterocycles. The van der Waals surface area contributed by atoms with E-state index in [2.05, 4.69) is 30.6 Å². The number of hydrogen-bond acceptors (Lipinski definition) is 5. The van der Waals surface area contributed by atoms with E-state index in [-0.39, 0.29) is 17.6 Å². The zero-order valence-corrected chi connectivity index (χ0v) is 17.7. The number of aromatic nitrogens is 2. The Labute approximate surface area is 179 Å². The van der Waals surface area contributed by atoms with Gasteiger partial charge in [-0.3, -0.25) is 9.97 Å². The van der Waals surface area contributed by atoms with Gasteiger partial charge in [0, 0.05) is 16.9 Å². The third-order valence-corrected chi connectivity index (χ3v) is 6.20. The predicted molar refractivity (Wildman–Crippen MR) is 106 cm³/mol. The van der Waals surface area contributed by atoms with Crippen molar-refractivity contribution in [2.24, 2.45) is 0 Å². The minimum absolute atomic E-state index is 0.165. The third-order valence-electron chi connectivity index (χ3n) is 3.88. The van der Waals surface area contributed by atoms with E-state index in [4.69, 9.17) is 0 Å². The molecule has 0 aliphatic rings. The summed E-state index contributed by atoms with van der Waals surface area (Å²) in [5, 5.41) is 0. The maximum absolute atomic E-state index is 13.4. The standard InChI is InChI=1S/C19H15BrF3N3O3S/c20-14-7-8-18(17(11-14)29-19(21,22)23)30(27,28)26(12-15-5-1-3-9-24-15)13-16-6-2-4-10-25-16/h1-11H,12-13H2. The molecule has 2 aromatic heterocycles. The molecule has 0 unspecified atom stereocenters. The molecule has 6 nitrogen and oxygen atoms in total. The van der Waals surface area contributed by atoms with Crippen LogP contribution >= 0.6 is 15.9 Å². The number of ether oxygens (including phenoxy) is 1. The van der Waals surface area contributed by atoms with Crippen molar-refractivity contribution in [1.82, 2.24) is 14.3 Å². The van der Waals surface area contributed by atoms with Gasteiger partial charge in [0.25, 0.3) is 0 Å².